The molecule has 5 nitrogen and oxygen atoms in total. The molecular weight excluding hydrogens is 381 g/mol. The fourth-order valence-electron chi connectivity index (χ4n) is 1.71. The van der Waals surface area contributed by atoms with E-state index >= 15 is 0 Å². The van der Waals surface area contributed by atoms with Crippen molar-refractivity contribution in [3.8, 4) is 5.75 Å². The molecule has 0 fully saturated rings. The smallest absolute Gasteiger partial charge is 0.191 e. The van der Waals surface area contributed by atoms with E-state index in [0.717, 1.165) is 31.2 Å². The number of ether oxygens (including phenoxy) is 2. The molecule has 1 rings (SSSR count). The molecule has 0 aromatic heterocycles. The van der Waals surface area contributed by atoms with Crippen LogP contribution in [-0.4, -0.2) is 46.4 Å². The average molecular weight is 407 g/mol. The first-order chi connectivity index (χ1) is 9.80. The van der Waals surface area contributed by atoms with Crippen LogP contribution in [0.25, 0.3) is 0 Å². The van der Waals surface area contributed by atoms with Crippen LogP contribution in [0.1, 0.15) is 12.5 Å². The second kappa shape index (κ2) is 12.7. The fourth-order valence-corrected chi connectivity index (χ4v) is 1.71. The maximum atomic E-state index is 5.14. The molecule has 0 aliphatic rings. The molecular formula is C15H26IN3O2. The molecule has 0 saturated carbocycles. The molecule has 0 amide bonds. The highest BCUT2D eigenvalue weighted by atomic mass is 127. The van der Waals surface area contributed by atoms with E-state index in [0.29, 0.717) is 13.2 Å². The molecule has 2 N–H and O–H groups in total. The molecule has 0 heterocycles. The van der Waals surface area contributed by atoms with Gasteiger partial charge in [0.1, 0.15) is 5.75 Å². The summed E-state index contributed by atoms with van der Waals surface area (Å²) in [5.41, 5.74) is 1.27. The van der Waals surface area contributed by atoms with Crippen LogP contribution < -0.4 is 15.4 Å². The van der Waals surface area contributed by atoms with Gasteiger partial charge >= 0.3 is 0 Å². The molecule has 0 aliphatic carbocycles. The lowest BCUT2D eigenvalue weighted by atomic mass is 10.1. The Morgan fingerprint density at radius 3 is 2.43 bits per heavy atom. The quantitative estimate of drug-likeness (QED) is 0.300. The molecule has 0 aliphatic heterocycles. The number of benzene rings is 1. The van der Waals surface area contributed by atoms with Gasteiger partial charge in [-0.15, -0.1) is 24.0 Å². The maximum Gasteiger partial charge on any atom is 0.191 e. The van der Waals surface area contributed by atoms with E-state index in [1.807, 2.05) is 12.1 Å². The Kier molecular flexibility index (Phi) is 12.1. The maximum absolute atomic E-state index is 5.14. The lowest BCUT2D eigenvalue weighted by Gasteiger charge is -2.11. The molecule has 0 unspecified atom stereocenters. The number of nitrogens with zero attached hydrogens (tertiary/aromatic N) is 1. The summed E-state index contributed by atoms with van der Waals surface area (Å²) in [6.45, 7) is 5.03. The molecule has 0 radical (unpaired) electrons. The van der Waals surface area contributed by atoms with E-state index in [9.17, 15) is 0 Å². The molecule has 0 bridgehead atoms. The van der Waals surface area contributed by atoms with Gasteiger partial charge in [-0.1, -0.05) is 12.1 Å². The number of aliphatic imine (C=N–C) groups is 1. The number of methoxy groups -OCH3 is 2. The Morgan fingerprint density at radius 2 is 1.86 bits per heavy atom. The molecule has 0 spiro atoms. The number of nitrogens with one attached hydrogen (secondary N) is 2. The van der Waals surface area contributed by atoms with Crippen molar-refractivity contribution in [3.05, 3.63) is 29.8 Å². The van der Waals surface area contributed by atoms with Gasteiger partial charge in [0.25, 0.3) is 0 Å². The number of halogens is 1. The zero-order chi connectivity index (χ0) is 14.6. The Labute approximate surface area is 144 Å². The Bertz CT molecular complexity index is 396. The molecule has 120 valence electrons. The van der Waals surface area contributed by atoms with Gasteiger partial charge in [-0.25, -0.2) is 0 Å². The highest BCUT2D eigenvalue weighted by molar-refractivity contribution is 14.0. The molecule has 0 saturated heterocycles. The SMILES string of the molecule is CCNC(=NCCOC)NCCc1ccc(OC)cc1.I. The summed E-state index contributed by atoms with van der Waals surface area (Å²) in [5.74, 6) is 1.72. The lowest BCUT2D eigenvalue weighted by molar-refractivity contribution is 0.208. The van der Waals surface area contributed by atoms with Crippen LogP contribution in [0.3, 0.4) is 0 Å². The Morgan fingerprint density at radius 1 is 1.14 bits per heavy atom. The molecule has 1 aromatic carbocycles. The largest absolute Gasteiger partial charge is 0.497 e. The minimum Gasteiger partial charge on any atom is -0.497 e. The van der Waals surface area contributed by atoms with Gasteiger partial charge in [0.15, 0.2) is 5.96 Å². The third-order valence-corrected chi connectivity index (χ3v) is 2.77. The first-order valence-corrected chi connectivity index (χ1v) is 6.94. The van der Waals surface area contributed by atoms with Crippen molar-refractivity contribution in [2.45, 2.75) is 13.3 Å². The number of hydrogen-bond donors (Lipinski definition) is 2. The Hall–Kier alpha value is -1.02. The van der Waals surface area contributed by atoms with Crippen LogP contribution in [0.15, 0.2) is 29.3 Å². The number of hydrogen-bond acceptors (Lipinski definition) is 3. The van der Waals surface area contributed by atoms with E-state index in [1.165, 1.54) is 5.56 Å². The second-order valence-electron chi connectivity index (χ2n) is 4.28. The zero-order valence-electron chi connectivity index (χ0n) is 13.0. The van der Waals surface area contributed by atoms with Crippen LogP contribution in [0.2, 0.25) is 0 Å². The summed E-state index contributed by atoms with van der Waals surface area (Å²) < 4.78 is 10.1. The lowest BCUT2D eigenvalue weighted by Crippen LogP contribution is -2.38. The Balaban J connectivity index is 0.00000400. The van der Waals surface area contributed by atoms with E-state index in [-0.39, 0.29) is 24.0 Å². The van der Waals surface area contributed by atoms with E-state index in [1.54, 1.807) is 14.2 Å². The summed E-state index contributed by atoms with van der Waals surface area (Å²) in [6, 6.07) is 8.12. The van der Waals surface area contributed by atoms with Crippen molar-refractivity contribution in [3.63, 3.8) is 0 Å². The zero-order valence-corrected chi connectivity index (χ0v) is 15.3. The third kappa shape index (κ3) is 8.77. The summed E-state index contributed by atoms with van der Waals surface area (Å²) in [7, 11) is 3.36. The molecule has 21 heavy (non-hydrogen) atoms. The topological polar surface area (TPSA) is 54.9 Å². The van der Waals surface area contributed by atoms with Crippen LogP contribution in [-0.2, 0) is 11.2 Å². The van der Waals surface area contributed by atoms with Crippen LogP contribution in [0, 0.1) is 0 Å². The fraction of sp³-hybridized carbons (Fsp3) is 0.533. The van der Waals surface area contributed by atoms with Gasteiger partial charge in [0, 0.05) is 20.2 Å². The van der Waals surface area contributed by atoms with Gasteiger partial charge < -0.3 is 20.1 Å². The van der Waals surface area contributed by atoms with Crippen molar-refractivity contribution < 1.29 is 9.47 Å². The van der Waals surface area contributed by atoms with Gasteiger partial charge in [0.05, 0.1) is 20.3 Å². The van der Waals surface area contributed by atoms with Gasteiger partial charge in [0.2, 0.25) is 0 Å². The highest BCUT2D eigenvalue weighted by Crippen LogP contribution is 2.11. The first-order valence-electron chi connectivity index (χ1n) is 6.94. The highest BCUT2D eigenvalue weighted by Gasteiger charge is 1.98. The average Bonchev–Trinajstić information content (AvgIpc) is 2.48. The molecule has 6 heteroatoms. The van der Waals surface area contributed by atoms with E-state index in [4.69, 9.17) is 9.47 Å². The standard InChI is InChI=1S/C15H25N3O2.HI/c1-4-16-15(18-11-12-19-2)17-10-9-13-5-7-14(20-3)8-6-13;/h5-8H,4,9-12H2,1-3H3,(H2,16,17,18);1H. The minimum absolute atomic E-state index is 0. The van der Waals surface area contributed by atoms with Gasteiger partial charge in [-0.2, -0.15) is 0 Å². The predicted octanol–water partition coefficient (Wildman–Crippen LogP) is 2.06. The summed E-state index contributed by atoms with van der Waals surface area (Å²) in [5, 5.41) is 6.52. The third-order valence-electron chi connectivity index (χ3n) is 2.77. The van der Waals surface area contributed by atoms with Gasteiger partial charge in [-0.05, 0) is 31.0 Å². The molecule has 0 atom stereocenters. The second-order valence-corrected chi connectivity index (χ2v) is 4.28. The number of guanidine groups is 1. The van der Waals surface area contributed by atoms with Crippen molar-refractivity contribution in [2.24, 2.45) is 4.99 Å². The summed E-state index contributed by atoms with van der Waals surface area (Å²) in [4.78, 5) is 4.41. The predicted molar refractivity (Wildman–Crippen MR) is 98.0 cm³/mol. The minimum atomic E-state index is 0. The van der Waals surface area contributed by atoms with Crippen LogP contribution in [0.4, 0.5) is 0 Å². The van der Waals surface area contributed by atoms with E-state index in [2.05, 4.69) is 34.7 Å². The van der Waals surface area contributed by atoms with Crippen molar-refractivity contribution in [1.82, 2.24) is 10.6 Å². The summed E-state index contributed by atoms with van der Waals surface area (Å²) >= 11 is 0. The monoisotopic (exact) mass is 407 g/mol. The normalized spacial score (nSPS) is 10.7. The van der Waals surface area contributed by atoms with E-state index < -0.39 is 0 Å². The van der Waals surface area contributed by atoms with Crippen molar-refractivity contribution >= 4 is 29.9 Å². The van der Waals surface area contributed by atoms with Crippen molar-refractivity contribution in [1.29, 1.82) is 0 Å². The summed E-state index contributed by atoms with van der Waals surface area (Å²) in [6.07, 6.45) is 0.943. The van der Waals surface area contributed by atoms with Crippen LogP contribution >= 0.6 is 24.0 Å². The van der Waals surface area contributed by atoms with Crippen LogP contribution in [0.5, 0.6) is 5.75 Å². The van der Waals surface area contributed by atoms with Gasteiger partial charge in [-0.3, -0.25) is 4.99 Å². The number of rotatable bonds is 8. The van der Waals surface area contributed by atoms with Crippen molar-refractivity contribution in [2.75, 3.05) is 40.5 Å². The molecule has 1 aromatic rings. The first kappa shape index (κ1) is 20.0.